The molecule has 2 bridgehead atoms. The van der Waals surface area contributed by atoms with Crippen molar-refractivity contribution in [2.24, 2.45) is 0 Å². The fraction of sp³-hybridized carbons (Fsp3) is 0.583. The first-order chi connectivity index (χ1) is 9.93. The van der Waals surface area contributed by atoms with Crippen LogP contribution in [-0.4, -0.2) is 44.9 Å². The van der Waals surface area contributed by atoms with Crippen LogP contribution in [0.4, 0.5) is 19.0 Å². The summed E-state index contributed by atoms with van der Waals surface area (Å²) in [6, 6.07) is 2.12. The van der Waals surface area contributed by atoms with E-state index >= 15 is 0 Å². The number of hydrogen-bond acceptors (Lipinski definition) is 5. The van der Waals surface area contributed by atoms with E-state index in [9.17, 15) is 13.2 Å². The van der Waals surface area contributed by atoms with Crippen LogP contribution in [0.15, 0.2) is 6.07 Å². The number of nitrogens with zero attached hydrogens (tertiary/aromatic N) is 5. The minimum absolute atomic E-state index is 0.0248. The Balaban J connectivity index is 1.86. The molecule has 2 atom stereocenters. The van der Waals surface area contributed by atoms with E-state index in [4.69, 9.17) is 4.74 Å². The number of alkyl halides is 3. The van der Waals surface area contributed by atoms with Crippen molar-refractivity contribution in [3.63, 3.8) is 0 Å². The zero-order valence-electron chi connectivity index (χ0n) is 11.1. The highest BCUT2D eigenvalue weighted by molar-refractivity contribution is 5.52. The first-order valence-electron chi connectivity index (χ1n) is 6.61. The molecule has 2 aliphatic rings. The summed E-state index contributed by atoms with van der Waals surface area (Å²) in [6.07, 6.45) is -3.59. The number of halogens is 3. The molecule has 4 rings (SSSR count). The number of aryl methyl sites for hydroxylation is 1. The van der Waals surface area contributed by atoms with Crippen LogP contribution in [-0.2, 0) is 10.9 Å². The Morgan fingerprint density at radius 3 is 2.57 bits per heavy atom. The van der Waals surface area contributed by atoms with Crippen molar-refractivity contribution in [1.29, 1.82) is 0 Å². The predicted molar refractivity (Wildman–Crippen MR) is 66.0 cm³/mol. The molecule has 0 aliphatic carbocycles. The van der Waals surface area contributed by atoms with Crippen molar-refractivity contribution in [2.45, 2.75) is 31.6 Å². The third-order valence-electron chi connectivity index (χ3n) is 3.89. The standard InChI is InChI=1S/C12H12F3N5O/c1-6-2-9(19-7-3-8(19)5-21-4-7)20-11(16-6)17-10(18-20)12(13,14)15/h2,7-8H,3-5H2,1H3. The molecule has 112 valence electrons. The van der Waals surface area contributed by atoms with Crippen LogP contribution in [0.1, 0.15) is 17.9 Å². The first-order valence-corrected chi connectivity index (χ1v) is 6.61. The van der Waals surface area contributed by atoms with E-state index < -0.39 is 12.0 Å². The number of anilines is 1. The Bertz CT molecular complexity index is 699. The fourth-order valence-corrected chi connectivity index (χ4v) is 2.98. The van der Waals surface area contributed by atoms with Crippen LogP contribution >= 0.6 is 0 Å². The van der Waals surface area contributed by atoms with E-state index in [0.29, 0.717) is 24.7 Å². The summed E-state index contributed by atoms with van der Waals surface area (Å²) in [7, 11) is 0. The molecule has 2 aliphatic heterocycles. The third kappa shape index (κ3) is 1.87. The van der Waals surface area contributed by atoms with Gasteiger partial charge in [0.05, 0.1) is 25.3 Å². The Kier molecular flexibility index (Phi) is 2.48. The molecule has 2 fully saturated rings. The molecule has 21 heavy (non-hydrogen) atoms. The Labute approximate surface area is 117 Å². The Morgan fingerprint density at radius 2 is 1.95 bits per heavy atom. The maximum absolute atomic E-state index is 12.8. The van der Waals surface area contributed by atoms with Crippen molar-refractivity contribution in [2.75, 3.05) is 18.1 Å². The zero-order chi connectivity index (χ0) is 14.8. The van der Waals surface area contributed by atoms with Crippen molar-refractivity contribution in [1.82, 2.24) is 19.6 Å². The van der Waals surface area contributed by atoms with E-state index in [1.54, 1.807) is 13.0 Å². The number of morpholine rings is 1. The lowest BCUT2D eigenvalue weighted by atomic mass is 9.91. The van der Waals surface area contributed by atoms with Crippen LogP contribution in [0.3, 0.4) is 0 Å². The van der Waals surface area contributed by atoms with Gasteiger partial charge in [-0.15, -0.1) is 5.10 Å². The van der Waals surface area contributed by atoms with E-state index in [-0.39, 0.29) is 17.9 Å². The minimum atomic E-state index is -4.58. The highest BCUT2D eigenvalue weighted by atomic mass is 19.4. The quantitative estimate of drug-likeness (QED) is 0.797. The van der Waals surface area contributed by atoms with Gasteiger partial charge in [0.25, 0.3) is 11.6 Å². The van der Waals surface area contributed by atoms with Crippen molar-refractivity contribution in [3.05, 3.63) is 17.6 Å². The van der Waals surface area contributed by atoms with Crippen LogP contribution in [0.25, 0.3) is 5.78 Å². The number of aromatic nitrogens is 4. The van der Waals surface area contributed by atoms with Gasteiger partial charge in [-0.2, -0.15) is 22.7 Å². The van der Waals surface area contributed by atoms with Gasteiger partial charge in [-0.1, -0.05) is 0 Å². The van der Waals surface area contributed by atoms with Gasteiger partial charge in [0.2, 0.25) is 0 Å². The average Bonchev–Trinajstić information content (AvgIpc) is 2.83. The van der Waals surface area contributed by atoms with E-state index in [1.807, 2.05) is 0 Å². The third-order valence-corrected chi connectivity index (χ3v) is 3.89. The lowest BCUT2D eigenvalue weighted by molar-refractivity contribution is -0.144. The number of fused-ring (bicyclic) bond motifs is 3. The van der Waals surface area contributed by atoms with Gasteiger partial charge in [0.1, 0.15) is 5.82 Å². The highest BCUT2D eigenvalue weighted by Crippen LogP contribution is 2.36. The smallest absolute Gasteiger partial charge is 0.377 e. The summed E-state index contributed by atoms with van der Waals surface area (Å²) in [4.78, 5) is 9.59. The maximum atomic E-state index is 12.8. The van der Waals surface area contributed by atoms with Gasteiger partial charge in [0.15, 0.2) is 0 Å². The molecule has 6 nitrogen and oxygen atoms in total. The van der Waals surface area contributed by atoms with E-state index in [0.717, 1.165) is 6.42 Å². The lowest BCUT2D eigenvalue weighted by Crippen LogP contribution is -2.64. The molecule has 0 spiro atoms. The fourth-order valence-electron chi connectivity index (χ4n) is 2.98. The molecule has 2 aromatic heterocycles. The molecule has 2 aromatic rings. The molecule has 2 saturated heterocycles. The van der Waals surface area contributed by atoms with Crippen molar-refractivity contribution in [3.8, 4) is 0 Å². The van der Waals surface area contributed by atoms with Gasteiger partial charge in [-0.05, 0) is 13.3 Å². The van der Waals surface area contributed by atoms with Crippen LogP contribution in [0.5, 0.6) is 0 Å². The highest BCUT2D eigenvalue weighted by Gasteiger charge is 2.44. The van der Waals surface area contributed by atoms with Crippen LogP contribution < -0.4 is 4.90 Å². The Hall–Kier alpha value is -1.90. The maximum Gasteiger partial charge on any atom is 0.453 e. The van der Waals surface area contributed by atoms with Gasteiger partial charge in [-0.25, -0.2) is 4.98 Å². The molecule has 0 radical (unpaired) electrons. The molecular formula is C12H12F3N5O. The van der Waals surface area contributed by atoms with Crippen molar-refractivity contribution < 1.29 is 17.9 Å². The average molecular weight is 299 g/mol. The summed E-state index contributed by atoms with van der Waals surface area (Å²) in [5.74, 6) is -0.586. The topological polar surface area (TPSA) is 55.6 Å². The molecule has 0 N–H and O–H groups in total. The van der Waals surface area contributed by atoms with E-state index in [2.05, 4.69) is 20.0 Å². The number of hydrogen-bond donors (Lipinski definition) is 0. The van der Waals surface area contributed by atoms with Gasteiger partial charge < -0.3 is 9.64 Å². The first kappa shape index (κ1) is 12.8. The van der Waals surface area contributed by atoms with Crippen molar-refractivity contribution >= 4 is 11.6 Å². The second kappa shape index (κ2) is 4.06. The zero-order valence-corrected chi connectivity index (χ0v) is 11.1. The number of ether oxygens (including phenoxy) is 1. The summed E-state index contributed by atoms with van der Waals surface area (Å²) < 4.78 is 44.9. The second-order valence-electron chi connectivity index (χ2n) is 5.39. The number of rotatable bonds is 1. The molecule has 0 amide bonds. The monoisotopic (exact) mass is 299 g/mol. The van der Waals surface area contributed by atoms with E-state index in [1.165, 1.54) is 4.52 Å². The summed E-state index contributed by atoms with van der Waals surface area (Å²) in [5.41, 5.74) is 0.615. The SMILES string of the molecule is Cc1cc(N2C3COCC2C3)n2nc(C(F)(F)F)nc2n1. The Morgan fingerprint density at radius 1 is 1.24 bits per heavy atom. The second-order valence-corrected chi connectivity index (χ2v) is 5.39. The minimum Gasteiger partial charge on any atom is -0.377 e. The molecule has 0 aromatic carbocycles. The van der Waals surface area contributed by atoms with Crippen LogP contribution in [0.2, 0.25) is 0 Å². The summed E-state index contributed by atoms with van der Waals surface area (Å²) in [6.45, 7) is 2.90. The molecule has 2 unspecified atom stereocenters. The predicted octanol–water partition coefficient (Wildman–Crippen LogP) is 1.43. The summed E-state index contributed by atoms with van der Waals surface area (Å²) in [5, 5.41) is 3.59. The molecule has 4 heterocycles. The van der Waals surface area contributed by atoms with Gasteiger partial charge in [0, 0.05) is 11.8 Å². The largest absolute Gasteiger partial charge is 0.453 e. The van der Waals surface area contributed by atoms with Gasteiger partial charge >= 0.3 is 6.18 Å². The molecule has 9 heteroatoms. The molecular weight excluding hydrogens is 287 g/mol. The lowest BCUT2D eigenvalue weighted by Gasteiger charge is -2.53. The molecule has 0 saturated carbocycles. The van der Waals surface area contributed by atoms with Gasteiger partial charge in [-0.3, -0.25) is 0 Å². The normalized spacial score (nSPS) is 25.2. The van der Waals surface area contributed by atoms with Crippen LogP contribution in [0, 0.1) is 6.92 Å². The summed E-state index contributed by atoms with van der Waals surface area (Å²) >= 11 is 0.